The number of aryl methyl sites for hydroxylation is 1. The number of aliphatic carboxylic acids is 1. The summed E-state index contributed by atoms with van der Waals surface area (Å²) in [5, 5.41) is 11.8. The summed E-state index contributed by atoms with van der Waals surface area (Å²) in [5.41, 5.74) is 12.6. The third-order valence-electron chi connectivity index (χ3n) is 22.7. The predicted molar refractivity (Wildman–Crippen MR) is 474 cm³/mol. The summed E-state index contributed by atoms with van der Waals surface area (Å²) in [4.78, 5) is 141. The maximum absolute atomic E-state index is 14.4. The second-order valence-electron chi connectivity index (χ2n) is 32.7. The van der Waals surface area contributed by atoms with Crippen LogP contribution in [-0.2, 0) is 166 Å². The summed E-state index contributed by atoms with van der Waals surface area (Å²) < 4.78 is 35.9. The molecule has 6 unspecified atom stereocenters. The van der Waals surface area contributed by atoms with Gasteiger partial charge in [0.05, 0.1) is 58.8 Å². The fraction of sp³-hybridized carbons (Fsp3) is 0.272. The quantitative estimate of drug-likeness (QED) is 0.0167. The molecule has 0 radical (unpaired) electrons. The largest absolute Gasteiger partial charge is 2.00 e. The first-order valence-corrected chi connectivity index (χ1v) is 42.4. The molecule has 0 saturated heterocycles. The van der Waals surface area contributed by atoms with Gasteiger partial charge in [0.1, 0.15) is 39.6 Å². The molecule has 0 spiro atoms. The summed E-state index contributed by atoms with van der Waals surface area (Å²) in [6, 6.07) is 74.0. The van der Waals surface area contributed by atoms with Crippen molar-refractivity contribution >= 4 is 85.9 Å². The van der Waals surface area contributed by atoms with Crippen molar-refractivity contribution in [2.45, 2.75) is 145 Å². The van der Waals surface area contributed by atoms with Crippen LogP contribution < -0.4 is 9.97 Å². The van der Waals surface area contributed by atoms with Gasteiger partial charge < -0.3 is 63.4 Å². The number of fused-ring (bicyclic) bond motifs is 20. The van der Waals surface area contributed by atoms with E-state index in [4.69, 9.17) is 68.3 Å². The number of carboxylic acid groups (broad SMARTS) is 1. The zero-order chi connectivity index (χ0) is 87.0. The first kappa shape index (κ1) is 88.8. The summed E-state index contributed by atoms with van der Waals surface area (Å²) in [6.07, 6.45) is 2.41. The van der Waals surface area contributed by atoms with Crippen LogP contribution in [0.4, 0.5) is 0 Å². The van der Waals surface area contributed by atoms with Crippen LogP contribution in [0.25, 0.3) is 89.7 Å². The van der Waals surface area contributed by atoms with Crippen molar-refractivity contribution in [3.63, 3.8) is 0 Å². The van der Waals surface area contributed by atoms with Crippen LogP contribution in [0, 0.1) is 35.5 Å². The number of ether oxygens (including phenoxy) is 6. The Morgan fingerprint density at radius 1 is 0.278 bits per heavy atom. The van der Waals surface area contributed by atoms with Gasteiger partial charge in [0, 0.05) is 51.3 Å². The SMILES string of the molecule is CC(Cc1cc2c(cc1CC(C)C(=O)OCc1ccccc1)-c1nc-2nc2[n-]c(nc3nc(nc4[n-]c(n1)c1cc(CC(C)C(=O)OCc5ccccc5)c(CC(C)C(=O)OCc5ccccc5)cc41)-c1cc(CC(C)C(=O)OCc4ccccc4)c(CC(C)C(=O)OCc4ccccc4)cc1-3)c1cc(CCCCC(=O)O)ccc21)C(=O)OCc1ccccc1.[Zn+2]. The Kier molecular flexibility index (Phi) is 29.1. The molecule has 2 aliphatic heterocycles. The van der Waals surface area contributed by atoms with Gasteiger partial charge in [-0.15, -0.1) is 0 Å². The second kappa shape index (κ2) is 41.3. The number of esters is 6. The maximum Gasteiger partial charge on any atom is 2.00 e. The Balaban J connectivity index is 0.0000129. The van der Waals surface area contributed by atoms with Crippen molar-refractivity contribution < 1.29 is 86.6 Å². The van der Waals surface area contributed by atoms with E-state index in [1.165, 1.54) is 0 Å². The molecule has 6 atom stereocenters. The van der Waals surface area contributed by atoms with Crippen molar-refractivity contribution in [3.8, 4) is 45.6 Å². The minimum atomic E-state index is -0.893. The van der Waals surface area contributed by atoms with Crippen molar-refractivity contribution in [1.82, 2.24) is 39.9 Å². The van der Waals surface area contributed by atoms with Crippen molar-refractivity contribution in [2.24, 2.45) is 35.5 Å². The second-order valence-corrected chi connectivity index (χ2v) is 32.7. The van der Waals surface area contributed by atoms with Crippen LogP contribution in [0.5, 0.6) is 0 Å². The fourth-order valence-electron chi connectivity index (χ4n) is 15.7. The topological polar surface area (TPSA) is 301 Å². The van der Waals surface area contributed by atoms with Crippen LogP contribution >= 0.6 is 0 Å². The van der Waals surface area contributed by atoms with Gasteiger partial charge >= 0.3 is 61.3 Å². The minimum absolute atomic E-state index is 0. The molecular weight excluding hydrogens is 1640 g/mol. The first-order chi connectivity index (χ1) is 60.7. The van der Waals surface area contributed by atoms with E-state index in [0.717, 1.165) is 38.9 Å². The van der Waals surface area contributed by atoms with Crippen LogP contribution in [-0.4, -0.2) is 76.8 Å². The van der Waals surface area contributed by atoms with Gasteiger partial charge in [-0.05, 0) is 188 Å². The number of hydrogen-bond donors (Lipinski definition) is 1. The molecule has 23 heteroatoms. The van der Waals surface area contributed by atoms with Crippen LogP contribution in [0.3, 0.4) is 0 Å². The monoisotopic (exact) mass is 1730 g/mol. The Labute approximate surface area is 743 Å². The normalized spacial score (nSPS) is 12.9. The molecule has 5 heterocycles. The smallest absolute Gasteiger partial charge is 0.481 e. The molecule has 0 amide bonds. The Hall–Kier alpha value is -13.5. The van der Waals surface area contributed by atoms with E-state index in [0.29, 0.717) is 96.4 Å². The van der Waals surface area contributed by atoms with E-state index in [-0.39, 0.29) is 150 Å². The van der Waals surface area contributed by atoms with E-state index in [1.807, 2.05) is 237 Å². The fourth-order valence-corrected chi connectivity index (χ4v) is 15.7. The molecule has 0 fully saturated rings. The van der Waals surface area contributed by atoms with Gasteiger partial charge in [0.25, 0.3) is 0 Å². The Morgan fingerprint density at radius 3 is 0.754 bits per heavy atom. The van der Waals surface area contributed by atoms with Gasteiger partial charge in [-0.2, -0.15) is 0 Å². The zero-order valence-electron chi connectivity index (χ0n) is 71.3. The number of carbonyl (C=O) groups is 7. The van der Waals surface area contributed by atoms with Gasteiger partial charge in [0.15, 0.2) is 0 Å². The van der Waals surface area contributed by atoms with Crippen molar-refractivity contribution in [2.75, 3.05) is 0 Å². The molecule has 15 rings (SSSR count). The molecule has 10 aromatic carbocycles. The predicted octanol–water partition coefficient (Wildman–Crippen LogP) is 18.5. The molecule has 3 aromatic heterocycles. The summed E-state index contributed by atoms with van der Waals surface area (Å²) >= 11 is 0. The number of nitrogens with zero attached hydrogens (tertiary/aromatic N) is 8. The number of hydrogen-bond acceptors (Lipinski definition) is 19. The molecular formula is C103H96N8O14Zn. The standard InChI is InChI=1S/C103H97N8O14.Zn/c1-62(98(114)120-56-69-28-13-7-14-29-69)43-75-50-83-84(51-76(75)44-63(2)99(115)121-57-70-30-15-8-16-31-70)94-107-92(83)105-90-81-42-41-68(27-25-26-40-89(112)113)49-82(81)91(104-90)106-93-85-52-77(45-64(3)100(116)122-58-71-32-17-9-18-33-71)78(46-65(4)101(117)123-59-72-34-19-10-20-35-72)53-86(85)95(108-93)110-97-88-55-80(48-67(6)103(119)125-61-74-38-23-12-24-39-74)79(54-87(88)96(109-94)111-97)47-66(5)102(118)124-60-73-36-21-11-22-37-73;/h7-24,28-39,41-42,49-55,62-67H,25-27,40,43-48,56-61H2,1-6H3,(H2-,104,105,106,107,108,109,110,111,112,113);/q-1;+2/p-1. The summed E-state index contributed by atoms with van der Waals surface area (Å²) in [7, 11) is 0. The number of carbonyl (C=O) groups excluding carboxylic acids is 6. The van der Waals surface area contributed by atoms with Crippen LogP contribution in [0.1, 0.15) is 133 Å². The summed E-state index contributed by atoms with van der Waals surface area (Å²) in [5.74, 6) is -7.19. The molecule has 8 bridgehead atoms. The van der Waals surface area contributed by atoms with Gasteiger partial charge in [-0.1, -0.05) is 242 Å². The maximum atomic E-state index is 14.4. The molecule has 126 heavy (non-hydrogen) atoms. The number of aromatic nitrogens is 8. The average molecular weight is 1740 g/mol. The Morgan fingerprint density at radius 2 is 0.508 bits per heavy atom. The van der Waals surface area contributed by atoms with E-state index in [9.17, 15) is 38.7 Å². The van der Waals surface area contributed by atoms with E-state index >= 15 is 0 Å². The number of carboxylic acids is 1. The number of rotatable bonds is 35. The number of unbranched alkanes of at least 4 members (excludes halogenated alkanes) is 1. The van der Waals surface area contributed by atoms with E-state index < -0.39 is 77.3 Å². The number of benzene rings is 10. The molecule has 634 valence electrons. The van der Waals surface area contributed by atoms with Crippen molar-refractivity contribution in [1.29, 1.82) is 0 Å². The van der Waals surface area contributed by atoms with Crippen molar-refractivity contribution in [3.05, 3.63) is 309 Å². The third-order valence-corrected chi connectivity index (χ3v) is 22.7. The van der Waals surface area contributed by atoms with Gasteiger partial charge in [0.2, 0.25) is 0 Å². The Bertz CT molecular complexity index is 6320. The molecule has 0 aliphatic carbocycles. The first-order valence-electron chi connectivity index (χ1n) is 42.4. The third kappa shape index (κ3) is 22.2. The van der Waals surface area contributed by atoms with Gasteiger partial charge in [-0.3, -0.25) is 33.6 Å². The minimum Gasteiger partial charge on any atom is -0.481 e. The molecule has 1 N–H and O–H groups in total. The summed E-state index contributed by atoms with van der Waals surface area (Å²) in [6.45, 7) is 11.1. The van der Waals surface area contributed by atoms with E-state index in [1.54, 1.807) is 41.5 Å². The van der Waals surface area contributed by atoms with Crippen LogP contribution in [0.15, 0.2) is 237 Å². The average Bonchev–Trinajstić information content (AvgIpc) is 1.58. The molecule has 13 aromatic rings. The van der Waals surface area contributed by atoms with Crippen LogP contribution in [0.2, 0.25) is 0 Å². The molecule has 2 aliphatic rings. The van der Waals surface area contributed by atoms with E-state index in [2.05, 4.69) is 0 Å². The zero-order valence-corrected chi connectivity index (χ0v) is 74.3. The van der Waals surface area contributed by atoms with Gasteiger partial charge in [-0.25, -0.2) is 9.97 Å². The molecule has 22 nitrogen and oxygen atoms in total. The molecule has 0 saturated carbocycles.